The quantitative estimate of drug-likeness (QED) is 0.0955. The van der Waals surface area contributed by atoms with E-state index in [1.54, 1.807) is 6.07 Å². The van der Waals surface area contributed by atoms with Gasteiger partial charge in [-0.15, -0.1) is 5.10 Å². The van der Waals surface area contributed by atoms with Crippen LogP contribution in [0.1, 0.15) is 83.5 Å². The molecular formula is C35H43ClF3N7O5S. The number of carbonyl (C=O) groups is 3. The number of amides is 2. The molecule has 5 rings (SSSR count). The molecule has 0 aromatic carbocycles. The summed E-state index contributed by atoms with van der Waals surface area (Å²) in [7, 11) is 0. The maximum absolute atomic E-state index is 13.1. The number of rotatable bonds is 14. The summed E-state index contributed by atoms with van der Waals surface area (Å²) >= 11 is 7.36. The Morgan fingerprint density at radius 1 is 1.08 bits per heavy atom. The maximum atomic E-state index is 13.1. The van der Waals surface area contributed by atoms with Gasteiger partial charge in [0.05, 0.1) is 11.0 Å². The standard InChI is InChI=1S/C35H43ClF3N7O5S/c1-32(2,3)51-31(49)45-20-22(18-33(45,4)5)8-7-16-40-25-9-6-10-28(41-25)52-44-30(48)24-11-12-26(42-29(24)36)46-17-13-27(43-46)50-21-23(47)19-34(14-15-34)35(37,38)39/h6,9-13,17,22H,7-8,14-16,18-21H2,1-5H3,(H,40,41)(H,44,48). The molecule has 12 nitrogen and oxygen atoms in total. The van der Waals surface area contributed by atoms with Crippen molar-refractivity contribution in [2.75, 3.05) is 25.0 Å². The number of likely N-dealkylation sites (tertiary alicyclic amines) is 1. The summed E-state index contributed by atoms with van der Waals surface area (Å²) in [6.07, 6.45) is -1.21. The molecule has 1 aliphatic carbocycles. The predicted molar refractivity (Wildman–Crippen MR) is 190 cm³/mol. The first-order chi connectivity index (χ1) is 24.3. The van der Waals surface area contributed by atoms with Crippen LogP contribution in [0.15, 0.2) is 47.6 Å². The Morgan fingerprint density at radius 3 is 2.50 bits per heavy atom. The number of hydrogen-bond donors (Lipinski definition) is 2. The lowest BCUT2D eigenvalue weighted by Gasteiger charge is -2.33. The van der Waals surface area contributed by atoms with Crippen LogP contribution in [0, 0.1) is 11.3 Å². The van der Waals surface area contributed by atoms with Crippen molar-refractivity contribution in [1.29, 1.82) is 0 Å². The number of alkyl halides is 3. The molecule has 2 N–H and O–H groups in total. The highest BCUT2D eigenvalue weighted by Crippen LogP contribution is 2.60. The number of halogens is 4. The average molecular weight is 766 g/mol. The Morgan fingerprint density at radius 2 is 1.83 bits per heavy atom. The molecule has 0 spiro atoms. The van der Waals surface area contributed by atoms with Crippen molar-refractivity contribution < 1.29 is 37.0 Å². The van der Waals surface area contributed by atoms with E-state index in [0.29, 0.717) is 29.9 Å². The summed E-state index contributed by atoms with van der Waals surface area (Å²) in [6, 6.07) is 9.85. The van der Waals surface area contributed by atoms with Crippen LogP contribution < -0.4 is 14.8 Å². The lowest BCUT2D eigenvalue weighted by atomic mass is 9.93. The van der Waals surface area contributed by atoms with E-state index in [-0.39, 0.29) is 46.9 Å². The smallest absolute Gasteiger partial charge is 0.410 e. The second-order valence-corrected chi connectivity index (χ2v) is 16.0. The number of pyridine rings is 2. The molecule has 2 fully saturated rings. The first kappa shape index (κ1) is 39.2. The molecule has 1 saturated carbocycles. The highest BCUT2D eigenvalue weighted by atomic mass is 35.5. The van der Waals surface area contributed by atoms with E-state index in [1.165, 1.54) is 29.1 Å². The van der Waals surface area contributed by atoms with Gasteiger partial charge in [0, 0.05) is 49.3 Å². The number of ether oxygens (including phenoxy) is 2. The number of aromatic nitrogens is 4. The van der Waals surface area contributed by atoms with E-state index in [9.17, 15) is 27.6 Å². The predicted octanol–water partition coefficient (Wildman–Crippen LogP) is 7.66. The van der Waals surface area contributed by atoms with E-state index in [1.807, 2.05) is 37.8 Å². The van der Waals surface area contributed by atoms with Crippen molar-refractivity contribution in [2.24, 2.45) is 11.3 Å². The Hall–Kier alpha value is -4.05. The van der Waals surface area contributed by atoms with Crippen molar-refractivity contribution in [2.45, 2.75) is 95.5 Å². The van der Waals surface area contributed by atoms with Gasteiger partial charge < -0.3 is 19.7 Å². The second-order valence-electron chi connectivity index (χ2n) is 14.8. The Bertz CT molecular complexity index is 1780. The molecule has 3 aromatic rings. The first-order valence-corrected chi connectivity index (χ1v) is 18.2. The van der Waals surface area contributed by atoms with E-state index in [2.05, 4.69) is 39.0 Å². The first-order valence-electron chi connectivity index (χ1n) is 17.0. The molecule has 1 atom stereocenters. The third kappa shape index (κ3) is 10.1. The van der Waals surface area contributed by atoms with Crippen LogP contribution in [0.25, 0.3) is 5.82 Å². The zero-order chi connectivity index (χ0) is 37.9. The van der Waals surface area contributed by atoms with Crippen LogP contribution >= 0.6 is 23.5 Å². The second kappa shape index (κ2) is 15.5. The van der Waals surface area contributed by atoms with E-state index in [4.69, 9.17) is 21.1 Å². The summed E-state index contributed by atoms with van der Waals surface area (Å²) in [6.45, 7) is 10.6. The summed E-state index contributed by atoms with van der Waals surface area (Å²) in [5.41, 5.74) is -2.62. The largest absolute Gasteiger partial charge is 0.469 e. The van der Waals surface area contributed by atoms with Gasteiger partial charge in [-0.1, -0.05) is 17.7 Å². The fraction of sp³-hybridized carbons (Fsp3) is 0.543. The summed E-state index contributed by atoms with van der Waals surface area (Å²) < 4.78 is 54.4. The SMILES string of the molecule is CC(C)(C)OC(=O)N1CC(CCCNc2cccc(SNC(=O)c3ccc(-n4ccc(OCC(=O)CC5(C(F)(F)F)CC5)n4)nc3Cl)n2)CC1(C)C. The monoisotopic (exact) mass is 765 g/mol. The van der Waals surface area contributed by atoms with Gasteiger partial charge in [-0.05, 0) is 96.9 Å². The molecule has 1 saturated heterocycles. The van der Waals surface area contributed by atoms with Crippen molar-refractivity contribution in [1.82, 2.24) is 29.4 Å². The fourth-order valence-electron chi connectivity index (χ4n) is 6.08. The number of carbonyl (C=O) groups excluding carboxylic acids is 3. The van der Waals surface area contributed by atoms with Gasteiger partial charge in [0.25, 0.3) is 5.91 Å². The van der Waals surface area contributed by atoms with Gasteiger partial charge in [0.15, 0.2) is 11.6 Å². The Kier molecular flexibility index (Phi) is 11.7. The van der Waals surface area contributed by atoms with Gasteiger partial charge >= 0.3 is 12.3 Å². The van der Waals surface area contributed by atoms with Crippen LogP contribution in [0.4, 0.5) is 23.8 Å². The van der Waals surface area contributed by atoms with Crippen LogP contribution in [0.3, 0.4) is 0 Å². The maximum Gasteiger partial charge on any atom is 0.410 e. The van der Waals surface area contributed by atoms with Crippen molar-refractivity contribution >= 4 is 47.2 Å². The highest BCUT2D eigenvalue weighted by Gasteiger charge is 2.63. The number of nitrogens with one attached hydrogen (secondary N) is 2. The van der Waals surface area contributed by atoms with E-state index < -0.39 is 41.9 Å². The molecule has 17 heteroatoms. The molecule has 3 aromatic heterocycles. The van der Waals surface area contributed by atoms with Crippen molar-refractivity contribution in [3.8, 4) is 11.7 Å². The molecule has 1 unspecified atom stereocenters. The van der Waals surface area contributed by atoms with E-state index >= 15 is 0 Å². The van der Waals surface area contributed by atoms with Gasteiger partial charge in [0.1, 0.15) is 28.2 Å². The minimum atomic E-state index is -4.41. The minimum absolute atomic E-state index is 0.0232. The van der Waals surface area contributed by atoms with Crippen molar-refractivity contribution in [3.05, 3.63) is 53.3 Å². The number of Topliss-reactive ketones (excluding diaryl/α,β-unsaturated/α-hetero) is 1. The lowest BCUT2D eigenvalue weighted by Crippen LogP contribution is -2.45. The van der Waals surface area contributed by atoms with Crippen LogP contribution in [-0.4, -0.2) is 79.4 Å². The summed E-state index contributed by atoms with van der Waals surface area (Å²) in [5.74, 6) is 0.146. The topological polar surface area (TPSA) is 141 Å². The third-order valence-electron chi connectivity index (χ3n) is 8.89. The molecule has 52 heavy (non-hydrogen) atoms. The molecule has 0 bridgehead atoms. The molecule has 0 radical (unpaired) electrons. The van der Waals surface area contributed by atoms with Crippen molar-refractivity contribution in [3.63, 3.8) is 0 Å². The molecule has 2 aliphatic rings. The van der Waals surface area contributed by atoms with E-state index in [0.717, 1.165) is 31.2 Å². The average Bonchev–Trinajstić information content (AvgIpc) is 3.57. The van der Waals surface area contributed by atoms with Crippen LogP contribution in [0.5, 0.6) is 5.88 Å². The lowest BCUT2D eigenvalue weighted by molar-refractivity contribution is -0.190. The van der Waals surface area contributed by atoms with Gasteiger partial charge in [0.2, 0.25) is 5.88 Å². The Labute approximate surface area is 309 Å². The normalized spacial score (nSPS) is 17.8. The number of hydrogen-bond acceptors (Lipinski definition) is 10. The highest BCUT2D eigenvalue weighted by molar-refractivity contribution is 7.97. The van der Waals surface area contributed by atoms with Gasteiger partial charge in [-0.25, -0.2) is 19.4 Å². The summed E-state index contributed by atoms with van der Waals surface area (Å²) in [5, 5.41) is 7.94. The molecule has 4 heterocycles. The molecule has 2 amide bonds. The van der Waals surface area contributed by atoms with Crippen LogP contribution in [-0.2, 0) is 9.53 Å². The molecule has 1 aliphatic heterocycles. The third-order valence-corrected chi connectivity index (χ3v) is 9.90. The zero-order valence-electron chi connectivity index (χ0n) is 29.7. The molecule has 282 valence electrons. The number of anilines is 1. The van der Waals surface area contributed by atoms with Gasteiger partial charge in [-0.3, -0.25) is 14.3 Å². The van der Waals surface area contributed by atoms with Crippen LogP contribution in [0.2, 0.25) is 5.15 Å². The minimum Gasteiger partial charge on any atom is -0.469 e. The Balaban J connectivity index is 1.05. The number of nitrogens with zero attached hydrogens (tertiary/aromatic N) is 5. The summed E-state index contributed by atoms with van der Waals surface area (Å²) in [4.78, 5) is 48.4. The fourth-order valence-corrected chi connectivity index (χ4v) is 6.91. The number of ketones is 1. The van der Waals surface area contributed by atoms with Gasteiger partial charge in [-0.2, -0.15) is 13.2 Å². The zero-order valence-corrected chi connectivity index (χ0v) is 31.3. The molecular weight excluding hydrogens is 723 g/mol.